The lowest BCUT2D eigenvalue weighted by Gasteiger charge is -2.17. The van der Waals surface area contributed by atoms with Crippen molar-refractivity contribution in [1.82, 2.24) is 14.9 Å². The van der Waals surface area contributed by atoms with E-state index in [2.05, 4.69) is 34.1 Å². The first kappa shape index (κ1) is 12.6. The predicted octanol–water partition coefficient (Wildman–Crippen LogP) is 2.22. The van der Waals surface area contributed by atoms with Crippen molar-refractivity contribution in [2.24, 2.45) is 0 Å². The van der Waals surface area contributed by atoms with Crippen LogP contribution in [0.3, 0.4) is 0 Å². The fourth-order valence-electron chi connectivity index (χ4n) is 2.07. The van der Waals surface area contributed by atoms with E-state index in [0.717, 1.165) is 23.6 Å². The largest absolute Gasteiger partial charge is 0.496 e. The molecule has 2 rings (SSSR count). The second-order valence-electron chi connectivity index (χ2n) is 4.09. The maximum atomic E-state index is 5.41. The maximum absolute atomic E-state index is 5.41. The van der Waals surface area contributed by atoms with E-state index < -0.39 is 0 Å². The Bertz CT molecular complexity index is 507. The second kappa shape index (κ2) is 5.69. The van der Waals surface area contributed by atoms with E-state index in [-0.39, 0.29) is 6.04 Å². The molecule has 96 valence electrons. The van der Waals surface area contributed by atoms with Crippen LogP contribution in [0.25, 0.3) is 0 Å². The zero-order valence-corrected chi connectivity index (χ0v) is 11.1. The van der Waals surface area contributed by atoms with E-state index >= 15 is 0 Å². The Morgan fingerprint density at radius 1 is 1.39 bits per heavy atom. The van der Waals surface area contributed by atoms with Crippen LogP contribution in [-0.4, -0.2) is 23.7 Å². The van der Waals surface area contributed by atoms with Crippen LogP contribution in [0.15, 0.2) is 36.8 Å². The third-order valence-electron chi connectivity index (χ3n) is 3.05. The Hall–Kier alpha value is -1.81. The van der Waals surface area contributed by atoms with Crippen LogP contribution in [0.2, 0.25) is 0 Å². The molecule has 0 amide bonds. The normalized spacial score (nSPS) is 12.4. The monoisotopic (exact) mass is 245 g/mol. The van der Waals surface area contributed by atoms with Gasteiger partial charge >= 0.3 is 0 Å². The highest BCUT2D eigenvalue weighted by Crippen LogP contribution is 2.28. The number of imidazole rings is 1. The van der Waals surface area contributed by atoms with Gasteiger partial charge in [0.1, 0.15) is 5.75 Å². The van der Waals surface area contributed by atoms with Gasteiger partial charge in [-0.1, -0.05) is 18.2 Å². The molecule has 0 aliphatic rings. The van der Waals surface area contributed by atoms with E-state index in [1.54, 1.807) is 7.11 Å². The molecule has 1 heterocycles. The summed E-state index contributed by atoms with van der Waals surface area (Å²) in [6.07, 6.45) is 3.92. The highest BCUT2D eigenvalue weighted by molar-refractivity contribution is 5.39. The van der Waals surface area contributed by atoms with Crippen LogP contribution in [-0.2, 0) is 6.54 Å². The average Bonchev–Trinajstić information content (AvgIpc) is 2.89. The van der Waals surface area contributed by atoms with Crippen molar-refractivity contribution in [2.75, 3.05) is 14.2 Å². The summed E-state index contributed by atoms with van der Waals surface area (Å²) in [7, 11) is 3.62. The highest BCUT2D eigenvalue weighted by atomic mass is 16.5. The molecular formula is C14H19N3O. The van der Waals surface area contributed by atoms with Gasteiger partial charge in [-0.15, -0.1) is 0 Å². The van der Waals surface area contributed by atoms with Crippen molar-refractivity contribution in [1.29, 1.82) is 0 Å². The molecule has 0 aliphatic heterocycles. The number of methoxy groups -OCH3 is 1. The molecule has 0 spiro atoms. The zero-order chi connectivity index (χ0) is 13.0. The number of aromatic nitrogens is 2. The summed E-state index contributed by atoms with van der Waals surface area (Å²) in [6, 6.07) is 8.06. The van der Waals surface area contributed by atoms with Crippen LogP contribution in [0.1, 0.15) is 24.2 Å². The minimum absolute atomic E-state index is 0.0500. The van der Waals surface area contributed by atoms with Crippen molar-refractivity contribution in [3.63, 3.8) is 0 Å². The van der Waals surface area contributed by atoms with Gasteiger partial charge in [0.05, 0.1) is 25.2 Å². The number of benzene rings is 1. The molecule has 4 nitrogen and oxygen atoms in total. The lowest BCUT2D eigenvalue weighted by atomic mass is 10.0. The number of nitrogens with zero attached hydrogens (tertiary/aromatic N) is 2. The van der Waals surface area contributed by atoms with E-state index in [1.807, 2.05) is 31.6 Å². The summed E-state index contributed by atoms with van der Waals surface area (Å²) >= 11 is 0. The van der Waals surface area contributed by atoms with Gasteiger partial charge in [0.25, 0.3) is 0 Å². The molecule has 4 heteroatoms. The zero-order valence-electron chi connectivity index (χ0n) is 11.1. The molecule has 1 aromatic carbocycles. The Labute approximate surface area is 108 Å². The van der Waals surface area contributed by atoms with E-state index in [0.29, 0.717) is 0 Å². The van der Waals surface area contributed by atoms with Crippen molar-refractivity contribution in [2.45, 2.75) is 19.5 Å². The van der Waals surface area contributed by atoms with Crippen LogP contribution in [0.5, 0.6) is 5.75 Å². The van der Waals surface area contributed by atoms with Gasteiger partial charge in [-0.2, -0.15) is 0 Å². The summed E-state index contributed by atoms with van der Waals surface area (Å²) in [5.74, 6) is 0.878. The van der Waals surface area contributed by atoms with E-state index in [1.165, 1.54) is 0 Å². The molecule has 1 atom stereocenters. The first-order valence-electron chi connectivity index (χ1n) is 6.12. The molecule has 18 heavy (non-hydrogen) atoms. The topological polar surface area (TPSA) is 39.1 Å². The number of hydrogen-bond acceptors (Lipinski definition) is 3. The van der Waals surface area contributed by atoms with Crippen molar-refractivity contribution >= 4 is 0 Å². The molecule has 0 saturated carbocycles. The van der Waals surface area contributed by atoms with Gasteiger partial charge in [-0.25, -0.2) is 4.98 Å². The lowest BCUT2D eigenvalue weighted by Crippen LogP contribution is -2.18. The summed E-state index contributed by atoms with van der Waals surface area (Å²) in [5.41, 5.74) is 2.10. The maximum Gasteiger partial charge on any atom is 0.124 e. The van der Waals surface area contributed by atoms with Crippen molar-refractivity contribution in [3.05, 3.63) is 48.0 Å². The summed E-state index contributed by atoms with van der Waals surface area (Å²) in [4.78, 5) is 4.45. The third-order valence-corrected chi connectivity index (χ3v) is 3.05. The molecule has 2 aromatic rings. The van der Waals surface area contributed by atoms with Crippen LogP contribution in [0.4, 0.5) is 0 Å². The lowest BCUT2D eigenvalue weighted by molar-refractivity contribution is 0.405. The van der Waals surface area contributed by atoms with Crippen LogP contribution in [0, 0.1) is 0 Å². The third kappa shape index (κ3) is 2.38. The Morgan fingerprint density at radius 2 is 2.17 bits per heavy atom. The minimum Gasteiger partial charge on any atom is -0.496 e. The Kier molecular flexibility index (Phi) is 3.99. The molecule has 0 fully saturated rings. The number of nitrogens with one attached hydrogen (secondary N) is 1. The van der Waals surface area contributed by atoms with Gasteiger partial charge in [0, 0.05) is 18.3 Å². The van der Waals surface area contributed by atoms with Crippen molar-refractivity contribution < 1.29 is 4.74 Å². The number of aryl methyl sites for hydroxylation is 1. The fourth-order valence-corrected chi connectivity index (χ4v) is 2.07. The van der Waals surface area contributed by atoms with Crippen LogP contribution < -0.4 is 10.1 Å². The molecule has 1 unspecified atom stereocenters. The summed E-state index contributed by atoms with van der Waals surface area (Å²) in [6.45, 7) is 3.03. The van der Waals surface area contributed by atoms with Crippen molar-refractivity contribution in [3.8, 4) is 5.75 Å². The predicted molar refractivity (Wildman–Crippen MR) is 71.8 cm³/mol. The first-order valence-corrected chi connectivity index (χ1v) is 6.12. The Balaban J connectivity index is 2.38. The van der Waals surface area contributed by atoms with Gasteiger partial charge < -0.3 is 14.6 Å². The Morgan fingerprint density at radius 3 is 2.78 bits per heavy atom. The number of rotatable bonds is 5. The second-order valence-corrected chi connectivity index (χ2v) is 4.09. The average molecular weight is 245 g/mol. The fraction of sp³-hybridized carbons (Fsp3) is 0.357. The number of hydrogen-bond donors (Lipinski definition) is 1. The molecule has 0 aliphatic carbocycles. The van der Waals surface area contributed by atoms with Gasteiger partial charge in [-0.05, 0) is 20.0 Å². The van der Waals surface area contributed by atoms with E-state index in [4.69, 9.17) is 4.74 Å². The molecule has 1 aromatic heterocycles. The summed E-state index contributed by atoms with van der Waals surface area (Å²) < 4.78 is 7.47. The molecule has 1 N–H and O–H groups in total. The van der Waals surface area contributed by atoms with Gasteiger partial charge in [-0.3, -0.25) is 0 Å². The van der Waals surface area contributed by atoms with Gasteiger partial charge in [0.2, 0.25) is 0 Å². The molecule has 0 saturated heterocycles. The quantitative estimate of drug-likeness (QED) is 0.878. The highest BCUT2D eigenvalue weighted by Gasteiger charge is 2.18. The number of ether oxygens (including phenoxy) is 1. The minimum atomic E-state index is 0.0500. The standard InChI is InChI=1S/C14H19N3O/c1-4-17-9-12(16-10-17)14(15-2)11-7-5-6-8-13(11)18-3/h5-10,14-15H,4H2,1-3H3. The SMILES string of the molecule is CCn1cnc(C(NC)c2ccccc2OC)c1. The van der Waals surface area contributed by atoms with E-state index in [9.17, 15) is 0 Å². The first-order chi connectivity index (χ1) is 8.80. The molecular weight excluding hydrogens is 226 g/mol. The molecule has 0 bridgehead atoms. The van der Waals surface area contributed by atoms with Gasteiger partial charge in [0.15, 0.2) is 0 Å². The smallest absolute Gasteiger partial charge is 0.124 e. The summed E-state index contributed by atoms with van der Waals surface area (Å²) in [5, 5.41) is 3.29. The number of para-hydroxylation sites is 1. The van der Waals surface area contributed by atoms with Crippen LogP contribution >= 0.6 is 0 Å². The molecule has 0 radical (unpaired) electrons.